The second kappa shape index (κ2) is 10.7. The lowest BCUT2D eigenvalue weighted by atomic mass is 9.94. The van der Waals surface area contributed by atoms with Crippen LogP contribution in [0.3, 0.4) is 0 Å². The minimum Gasteiger partial charge on any atom is -0.307 e. The monoisotopic (exact) mass is 557 g/mol. The van der Waals surface area contributed by atoms with E-state index in [1.165, 1.54) is 27.4 Å². The van der Waals surface area contributed by atoms with Crippen molar-refractivity contribution < 1.29 is 4.79 Å². The number of hydrogen-bond donors (Lipinski definition) is 2. The zero-order valence-corrected chi connectivity index (χ0v) is 23.0. The number of carbonyl (C=O) groups is 1. The summed E-state index contributed by atoms with van der Waals surface area (Å²) in [5.74, 6) is 0.257. The van der Waals surface area contributed by atoms with Crippen LogP contribution in [0.5, 0.6) is 0 Å². The first kappa shape index (κ1) is 25.4. The fraction of sp³-hybridized carbons (Fsp3) is 0.286. The first-order valence-corrected chi connectivity index (χ1v) is 14.7. The third kappa shape index (κ3) is 4.99. The van der Waals surface area contributed by atoms with Crippen LogP contribution in [-0.2, 0) is 5.75 Å². The number of aryl methyl sites for hydroxylation is 1. The summed E-state index contributed by atoms with van der Waals surface area (Å²) in [6, 6.07) is 15.3. The standard InChI is InChI=1S/C28H27N7O2S2/c1-17-9-8-14-34-23(17)30-24-21(26(34)37)15-20(22(29)35(24)19-12-6-3-7-13-19)25(36)31-27-32-33-28(39-27)38-16-18-10-4-2-5-11-18/h2,4-5,8-11,14-15,19,29H,3,6-7,12-13,16H2,1H3,(H,31,32,36). The number of hydrogen-bond acceptors (Lipinski definition) is 8. The van der Waals surface area contributed by atoms with Crippen LogP contribution < -0.4 is 16.4 Å². The van der Waals surface area contributed by atoms with Crippen molar-refractivity contribution in [3.8, 4) is 0 Å². The number of anilines is 1. The van der Waals surface area contributed by atoms with Crippen molar-refractivity contribution in [3.63, 3.8) is 0 Å². The molecule has 39 heavy (non-hydrogen) atoms. The lowest BCUT2D eigenvalue weighted by Gasteiger charge is -2.26. The highest BCUT2D eigenvalue weighted by Gasteiger charge is 2.24. The van der Waals surface area contributed by atoms with E-state index in [0.717, 1.165) is 47.8 Å². The minimum absolute atomic E-state index is 0.00221. The van der Waals surface area contributed by atoms with Gasteiger partial charge in [-0.25, -0.2) is 4.98 Å². The van der Waals surface area contributed by atoms with Crippen LogP contribution in [0.1, 0.15) is 59.6 Å². The Kier molecular flexibility index (Phi) is 7.01. The number of rotatable bonds is 6. The Balaban J connectivity index is 1.38. The molecule has 0 radical (unpaired) electrons. The average Bonchev–Trinajstić information content (AvgIpc) is 3.40. The van der Waals surface area contributed by atoms with E-state index in [1.807, 2.05) is 37.3 Å². The van der Waals surface area contributed by atoms with Gasteiger partial charge in [-0.15, -0.1) is 10.2 Å². The maximum absolute atomic E-state index is 13.6. The van der Waals surface area contributed by atoms with Gasteiger partial charge in [0.15, 0.2) is 4.34 Å². The molecule has 1 aliphatic rings. The van der Waals surface area contributed by atoms with E-state index in [0.29, 0.717) is 21.8 Å². The molecule has 4 aromatic heterocycles. The van der Waals surface area contributed by atoms with Crippen molar-refractivity contribution in [2.24, 2.45) is 0 Å². The van der Waals surface area contributed by atoms with Crippen LogP contribution in [0.25, 0.3) is 16.7 Å². The minimum atomic E-state index is -0.490. The molecule has 1 amide bonds. The molecule has 0 unspecified atom stereocenters. The number of nitrogens with one attached hydrogen (secondary N) is 2. The third-order valence-electron chi connectivity index (χ3n) is 7.09. The zero-order chi connectivity index (χ0) is 26.9. The maximum Gasteiger partial charge on any atom is 0.267 e. The van der Waals surface area contributed by atoms with Gasteiger partial charge in [0.1, 0.15) is 16.8 Å². The van der Waals surface area contributed by atoms with Gasteiger partial charge in [-0.3, -0.25) is 24.7 Å². The van der Waals surface area contributed by atoms with Crippen LogP contribution in [0.15, 0.2) is 63.9 Å². The number of benzene rings is 1. The van der Waals surface area contributed by atoms with Crippen LogP contribution >= 0.6 is 23.1 Å². The normalized spacial score (nSPS) is 14.2. The third-order valence-corrected chi connectivity index (χ3v) is 9.14. The molecule has 9 nitrogen and oxygen atoms in total. The molecule has 1 fully saturated rings. The van der Waals surface area contributed by atoms with Gasteiger partial charge < -0.3 is 4.57 Å². The summed E-state index contributed by atoms with van der Waals surface area (Å²) in [5.41, 5.74) is 2.98. The summed E-state index contributed by atoms with van der Waals surface area (Å²) in [7, 11) is 0. The van der Waals surface area contributed by atoms with Crippen molar-refractivity contribution in [2.75, 3.05) is 5.32 Å². The zero-order valence-electron chi connectivity index (χ0n) is 21.4. The molecule has 1 saturated carbocycles. The molecule has 11 heteroatoms. The fourth-order valence-corrected chi connectivity index (χ4v) is 6.83. The summed E-state index contributed by atoms with van der Waals surface area (Å²) in [4.78, 5) is 32.0. The van der Waals surface area contributed by atoms with Gasteiger partial charge in [0.25, 0.3) is 11.5 Å². The molecule has 0 bridgehead atoms. The lowest BCUT2D eigenvalue weighted by molar-refractivity contribution is 0.102. The van der Waals surface area contributed by atoms with Gasteiger partial charge in [0, 0.05) is 18.0 Å². The summed E-state index contributed by atoms with van der Waals surface area (Å²) < 4.78 is 4.05. The molecular weight excluding hydrogens is 530 g/mol. The van der Waals surface area contributed by atoms with Crippen molar-refractivity contribution in [1.29, 1.82) is 5.41 Å². The molecule has 2 N–H and O–H groups in total. The molecule has 6 rings (SSSR count). The predicted molar refractivity (Wildman–Crippen MR) is 154 cm³/mol. The molecule has 4 heterocycles. The van der Waals surface area contributed by atoms with Crippen LogP contribution in [-0.4, -0.2) is 30.1 Å². The van der Waals surface area contributed by atoms with Gasteiger partial charge in [0.05, 0.1) is 10.9 Å². The Hall–Kier alpha value is -3.83. The van der Waals surface area contributed by atoms with E-state index < -0.39 is 5.91 Å². The summed E-state index contributed by atoms with van der Waals surface area (Å²) in [6.07, 6.45) is 6.66. The van der Waals surface area contributed by atoms with E-state index in [1.54, 1.807) is 22.5 Å². The first-order chi connectivity index (χ1) is 19.0. The second-order valence-corrected chi connectivity index (χ2v) is 11.9. The Bertz CT molecular complexity index is 1800. The fourth-order valence-electron chi connectivity index (χ4n) is 5.13. The highest BCUT2D eigenvalue weighted by atomic mass is 32.2. The number of fused-ring (bicyclic) bond motifs is 2. The number of carbonyl (C=O) groups excluding carboxylic acids is 1. The molecule has 0 atom stereocenters. The Morgan fingerprint density at radius 3 is 2.69 bits per heavy atom. The quantitative estimate of drug-likeness (QED) is 0.165. The molecule has 198 valence electrons. The Labute approximate surface area is 232 Å². The van der Waals surface area contributed by atoms with E-state index in [9.17, 15) is 9.59 Å². The van der Waals surface area contributed by atoms with Crippen molar-refractivity contribution in [3.05, 3.63) is 87.3 Å². The Morgan fingerprint density at radius 1 is 1.10 bits per heavy atom. The number of pyridine rings is 2. The Morgan fingerprint density at radius 2 is 1.90 bits per heavy atom. The highest BCUT2D eigenvalue weighted by molar-refractivity contribution is 8.00. The largest absolute Gasteiger partial charge is 0.307 e. The van der Waals surface area contributed by atoms with E-state index in [4.69, 9.17) is 10.4 Å². The van der Waals surface area contributed by atoms with Gasteiger partial charge in [-0.05, 0) is 43.0 Å². The summed E-state index contributed by atoms with van der Waals surface area (Å²) >= 11 is 2.83. The summed E-state index contributed by atoms with van der Waals surface area (Å²) in [5, 5.41) is 20.9. The van der Waals surface area contributed by atoms with E-state index >= 15 is 0 Å². The van der Waals surface area contributed by atoms with Crippen LogP contribution in [0.4, 0.5) is 5.13 Å². The first-order valence-electron chi connectivity index (χ1n) is 12.9. The van der Waals surface area contributed by atoms with Gasteiger partial charge in [0.2, 0.25) is 5.13 Å². The highest BCUT2D eigenvalue weighted by Crippen LogP contribution is 2.30. The van der Waals surface area contributed by atoms with Crippen LogP contribution in [0.2, 0.25) is 0 Å². The molecule has 1 aromatic carbocycles. The van der Waals surface area contributed by atoms with Crippen molar-refractivity contribution in [1.82, 2.24) is 24.1 Å². The maximum atomic E-state index is 13.6. The predicted octanol–water partition coefficient (Wildman–Crippen LogP) is 5.34. The van der Waals surface area contributed by atoms with Gasteiger partial charge >= 0.3 is 0 Å². The van der Waals surface area contributed by atoms with E-state index in [-0.39, 0.29) is 22.7 Å². The average molecular weight is 558 g/mol. The van der Waals surface area contributed by atoms with Gasteiger partial charge in [-0.1, -0.05) is 78.8 Å². The molecule has 0 spiro atoms. The lowest BCUT2D eigenvalue weighted by Crippen LogP contribution is -2.35. The SMILES string of the molecule is Cc1cccn2c(=O)c3cc(C(=O)Nc4nnc(SCc5ccccc5)s4)c(=N)n(C4CCCCC4)c3nc12. The molecule has 0 aliphatic heterocycles. The molecular formula is C28H27N7O2S2. The van der Waals surface area contributed by atoms with Crippen molar-refractivity contribution in [2.45, 2.75) is 55.2 Å². The number of amides is 1. The van der Waals surface area contributed by atoms with Gasteiger partial charge in [-0.2, -0.15) is 0 Å². The molecule has 5 aromatic rings. The smallest absolute Gasteiger partial charge is 0.267 e. The molecule has 0 saturated heterocycles. The topological polar surface area (TPSA) is 118 Å². The van der Waals surface area contributed by atoms with E-state index in [2.05, 4.69) is 27.6 Å². The van der Waals surface area contributed by atoms with Crippen molar-refractivity contribution >= 4 is 50.8 Å². The molecule has 1 aliphatic carbocycles. The summed E-state index contributed by atoms with van der Waals surface area (Å²) in [6.45, 7) is 1.91. The number of aromatic nitrogens is 5. The number of thioether (sulfide) groups is 1. The number of nitrogens with zero attached hydrogens (tertiary/aromatic N) is 5. The van der Waals surface area contributed by atoms with Crippen LogP contribution in [0, 0.1) is 12.3 Å². The second-order valence-electron chi connectivity index (χ2n) is 9.71.